The zero-order chi connectivity index (χ0) is 14.2. The molecule has 20 heavy (non-hydrogen) atoms. The van der Waals surface area contributed by atoms with Gasteiger partial charge in [-0.3, -0.25) is 4.90 Å². The normalized spacial score (nSPS) is 16.3. The van der Waals surface area contributed by atoms with Crippen LogP contribution in [0.2, 0.25) is 0 Å². The zero-order valence-electron chi connectivity index (χ0n) is 12.7. The average Bonchev–Trinajstić information content (AvgIpc) is 2.49. The maximum absolute atomic E-state index is 5.57. The number of aryl methyl sites for hydroxylation is 1. The van der Waals surface area contributed by atoms with Gasteiger partial charge in [0, 0.05) is 12.1 Å². The molecule has 112 valence electrons. The van der Waals surface area contributed by atoms with Gasteiger partial charge in [-0.15, -0.1) is 0 Å². The molecule has 2 rings (SSSR count). The van der Waals surface area contributed by atoms with Crippen molar-refractivity contribution in [3.63, 3.8) is 0 Å². The highest BCUT2D eigenvalue weighted by atomic mass is 16.5. The first-order valence-corrected chi connectivity index (χ1v) is 7.91. The van der Waals surface area contributed by atoms with Crippen LogP contribution in [0.15, 0.2) is 18.2 Å². The first-order valence-electron chi connectivity index (χ1n) is 7.91. The molecular weight excluding hydrogens is 248 g/mol. The van der Waals surface area contributed by atoms with Crippen LogP contribution >= 0.6 is 0 Å². The van der Waals surface area contributed by atoms with E-state index < -0.39 is 0 Å². The van der Waals surface area contributed by atoms with Crippen LogP contribution in [0, 0.1) is 0 Å². The minimum Gasteiger partial charge on any atom is -0.496 e. The Labute approximate surface area is 123 Å². The Hall–Kier alpha value is -1.06. The molecule has 3 nitrogen and oxygen atoms in total. The topological polar surface area (TPSA) is 38.5 Å². The largest absolute Gasteiger partial charge is 0.496 e. The second kappa shape index (κ2) is 8.28. The average molecular weight is 276 g/mol. The molecule has 0 aliphatic carbocycles. The lowest BCUT2D eigenvalue weighted by atomic mass is 10.0. The van der Waals surface area contributed by atoms with Crippen LogP contribution in [0.5, 0.6) is 5.75 Å². The SMILES string of the molecule is COc1ccc(CCCCN)cc1CN1CCCCC1. The van der Waals surface area contributed by atoms with Gasteiger partial charge in [-0.2, -0.15) is 0 Å². The fraction of sp³-hybridized carbons (Fsp3) is 0.647. The maximum atomic E-state index is 5.57. The first-order chi connectivity index (χ1) is 9.83. The van der Waals surface area contributed by atoms with Crippen molar-refractivity contribution in [3.05, 3.63) is 29.3 Å². The number of nitrogens with two attached hydrogens (primary N) is 1. The highest BCUT2D eigenvalue weighted by molar-refractivity contribution is 5.37. The number of piperidine rings is 1. The minimum absolute atomic E-state index is 0.788. The highest BCUT2D eigenvalue weighted by Crippen LogP contribution is 2.24. The summed E-state index contributed by atoms with van der Waals surface area (Å²) in [5, 5.41) is 0. The molecule has 0 spiro atoms. The third-order valence-electron chi connectivity index (χ3n) is 4.11. The first kappa shape index (κ1) is 15.3. The highest BCUT2D eigenvalue weighted by Gasteiger charge is 2.13. The molecule has 2 N–H and O–H groups in total. The molecule has 0 aromatic heterocycles. The van der Waals surface area contributed by atoms with Crippen LogP contribution in [0.4, 0.5) is 0 Å². The van der Waals surface area contributed by atoms with E-state index in [-0.39, 0.29) is 0 Å². The van der Waals surface area contributed by atoms with Crippen molar-refractivity contribution < 1.29 is 4.74 Å². The maximum Gasteiger partial charge on any atom is 0.123 e. The quantitative estimate of drug-likeness (QED) is 0.778. The van der Waals surface area contributed by atoms with Crippen LogP contribution < -0.4 is 10.5 Å². The van der Waals surface area contributed by atoms with E-state index in [9.17, 15) is 0 Å². The Morgan fingerprint density at radius 1 is 1.15 bits per heavy atom. The Balaban J connectivity index is 2.01. The summed E-state index contributed by atoms with van der Waals surface area (Å²) in [7, 11) is 1.77. The van der Waals surface area contributed by atoms with Crippen LogP contribution in [-0.4, -0.2) is 31.6 Å². The number of hydrogen-bond donors (Lipinski definition) is 1. The summed E-state index contributed by atoms with van der Waals surface area (Å²) in [6.07, 6.45) is 7.44. The molecule has 3 heteroatoms. The van der Waals surface area contributed by atoms with Crippen LogP contribution in [-0.2, 0) is 13.0 Å². The predicted octanol–water partition coefficient (Wildman–Crippen LogP) is 2.96. The third kappa shape index (κ3) is 4.50. The smallest absolute Gasteiger partial charge is 0.123 e. The Morgan fingerprint density at radius 2 is 1.95 bits per heavy atom. The van der Waals surface area contributed by atoms with E-state index >= 15 is 0 Å². The number of likely N-dealkylation sites (tertiary alicyclic amines) is 1. The van der Waals surface area contributed by atoms with Crippen molar-refractivity contribution in [2.24, 2.45) is 5.73 Å². The van der Waals surface area contributed by atoms with E-state index in [0.717, 1.165) is 31.7 Å². The number of rotatable bonds is 7. The van der Waals surface area contributed by atoms with Crippen molar-refractivity contribution in [3.8, 4) is 5.75 Å². The Kier molecular flexibility index (Phi) is 6.34. The van der Waals surface area contributed by atoms with Crippen LogP contribution in [0.1, 0.15) is 43.2 Å². The summed E-state index contributed by atoms with van der Waals surface area (Å²) in [5.74, 6) is 1.03. The molecule has 0 amide bonds. The van der Waals surface area contributed by atoms with E-state index in [1.807, 2.05) is 0 Å². The van der Waals surface area contributed by atoms with Gasteiger partial charge in [0.25, 0.3) is 0 Å². The summed E-state index contributed by atoms with van der Waals surface area (Å²) in [5.41, 5.74) is 8.31. The van der Waals surface area contributed by atoms with Gasteiger partial charge in [-0.05, 0) is 63.4 Å². The standard InChI is InChI=1S/C17H28N2O/c1-20-17-9-8-15(7-3-4-10-18)13-16(17)14-19-11-5-2-6-12-19/h8-9,13H,2-7,10-12,14,18H2,1H3. The van der Waals surface area contributed by atoms with E-state index in [1.54, 1.807) is 7.11 Å². The van der Waals surface area contributed by atoms with Gasteiger partial charge in [0.05, 0.1) is 7.11 Å². The van der Waals surface area contributed by atoms with E-state index in [4.69, 9.17) is 10.5 Å². The molecule has 1 heterocycles. The molecule has 0 bridgehead atoms. The van der Waals surface area contributed by atoms with E-state index in [0.29, 0.717) is 0 Å². The van der Waals surface area contributed by atoms with Gasteiger partial charge in [0.15, 0.2) is 0 Å². The van der Waals surface area contributed by atoms with Gasteiger partial charge in [0.2, 0.25) is 0 Å². The van der Waals surface area contributed by atoms with Crippen molar-refractivity contribution in [2.75, 3.05) is 26.7 Å². The summed E-state index contributed by atoms with van der Waals surface area (Å²) in [4.78, 5) is 2.55. The van der Waals surface area contributed by atoms with E-state index in [2.05, 4.69) is 23.1 Å². The number of hydrogen-bond acceptors (Lipinski definition) is 3. The second-order valence-corrected chi connectivity index (χ2v) is 5.73. The fourth-order valence-corrected chi connectivity index (χ4v) is 2.94. The number of methoxy groups -OCH3 is 1. The van der Waals surface area contributed by atoms with Crippen molar-refractivity contribution in [1.29, 1.82) is 0 Å². The molecule has 1 saturated heterocycles. The molecule has 1 aromatic carbocycles. The van der Waals surface area contributed by atoms with Gasteiger partial charge in [0.1, 0.15) is 5.75 Å². The Bertz CT molecular complexity index is 400. The van der Waals surface area contributed by atoms with Crippen LogP contribution in [0.25, 0.3) is 0 Å². The molecule has 0 radical (unpaired) electrons. The summed E-state index contributed by atoms with van der Waals surface area (Å²) >= 11 is 0. The molecule has 0 atom stereocenters. The molecular formula is C17H28N2O. The molecule has 0 saturated carbocycles. The van der Waals surface area contributed by atoms with Crippen molar-refractivity contribution in [1.82, 2.24) is 4.90 Å². The molecule has 1 aliphatic rings. The number of ether oxygens (including phenoxy) is 1. The third-order valence-corrected chi connectivity index (χ3v) is 4.11. The molecule has 1 aromatic rings. The van der Waals surface area contributed by atoms with E-state index in [1.165, 1.54) is 49.9 Å². The lowest BCUT2D eigenvalue weighted by molar-refractivity contribution is 0.218. The zero-order valence-corrected chi connectivity index (χ0v) is 12.7. The molecule has 0 unspecified atom stereocenters. The summed E-state index contributed by atoms with van der Waals surface area (Å²) in [6, 6.07) is 6.63. The second-order valence-electron chi connectivity index (χ2n) is 5.73. The monoisotopic (exact) mass is 276 g/mol. The van der Waals surface area contributed by atoms with Gasteiger partial charge < -0.3 is 10.5 Å². The summed E-state index contributed by atoms with van der Waals surface area (Å²) in [6.45, 7) is 4.26. The Morgan fingerprint density at radius 3 is 2.65 bits per heavy atom. The number of unbranched alkanes of at least 4 members (excludes halogenated alkanes) is 1. The van der Waals surface area contributed by atoms with Crippen molar-refractivity contribution >= 4 is 0 Å². The summed E-state index contributed by atoms with van der Waals surface area (Å²) < 4.78 is 5.52. The molecule has 1 fully saturated rings. The van der Waals surface area contributed by atoms with Gasteiger partial charge >= 0.3 is 0 Å². The predicted molar refractivity (Wildman–Crippen MR) is 84.1 cm³/mol. The van der Waals surface area contributed by atoms with Gasteiger partial charge in [-0.1, -0.05) is 18.6 Å². The minimum atomic E-state index is 0.788. The lowest BCUT2D eigenvalue weighted by Crippen LogP contribution is -2.29. The fourth-order valence-electron chi connectivity index (χ4n) is 2.94. The van der Waals surface area contributed by atoms with Gasteiger partial charge in [-0.25, -0.2) is 0 Å². The molecule has 1 aliphatic heterocycles. The number of benzene rings is 1. The van der Waals surface area contributed by atoms with Crippen LogP contribution in [0.3, 0.4) is 0 Å². The van der Waals surface area contributed by atoms with Crippen molar-refractivity contribution in [2.45, 2.75) is 45.1 Å². The number of nitrogens with zero attached hydrogens (tertiary/aromatic N) is 1. The lowest BCUT2D eigenvalue weighted by Gasteiger charge is -2.27.